The lowest BCUT2D eigenvalue weighted by atomic mass is 10.0. The molecule has 7 heteroatoms. The van der Waals surface area contributed by atoms with Gasteiger partial charge in [-0.25, -0.2) is 13.2 Å². The number of aryl methyl sites for hydroxylation is 1. The van der Waals surface area contributed by atoms with Crippen molar-refractivity contribution in [3.8, 4) is 0 Å². The van der Waals surface area contributed by atoms with Crippen molar-refractivity contribution in [2.24, 2.45) is 0 Å². The third-order valence-electron chi connectivity index (χ3n) is 2.48. The van der Waals surface area contributed by atoms with Crippen LogP contribution in [-0.2, 0) is 4.74 Å². The number of halogens is 5. The molecule has 0 aliphatic heterocycles. The fourth-order valence-electron chi connectivity index (χ4n) is 1.47. The zero-order valence-electron chi connectivity index (χ0n) is 10.0. The molecule has 19 heavy (non-hydrogen) atoms. The van der Waals surface area contributed by atoms with Gasteiger partial charge in [0.15, 0.2) is 0 Å². The zero-order chi connectivity index (χ0) is 14.6. The van der Waals surface area contributed by atoms with Crippen LogP contribution in [0, 0.1) is 12.7 Å². The molecule has 1 aromatic carbocycles. The minimum atomic E-state index is -4.25. The van der Waals surface area contributed by atoms with Crippen molar-refractivity contribution in [1.29, 1.82) is 0 Å². The summed E-state index contributed by atoms with van der Waals surface area (Å²) >= 11 is 0. The summed E-state index contributed by atoms with van der Waals surface area (Å²) in [6.45, 7) is -0.536. The standard InChI is InChI=1S/C12H13F5O2/c1-7-4-8(13)2-3-9(7)10(18)5-19-6-12(16,17)11(14)15/h2-4,10-11,18H,5-6H2,1H3. The summed E-state index contributed by atoms with van der Waals surface area (Å²) in [6.07, 6.45) is -5.11. The number of ether oxygens (including phenoxy) is 1. The van der Waals surface area contributed by atoms with Crippen molar-refractivity contribution in [3.63, 3.8) is 0 Å². The van der Waals surface area contributed by atoms with E-state index in [-0.39, 0.29) is 0 Å². The van der Waals surface area contributed by atoms with E-state index in [1.807, 2.05) is 0 Å². The average molecular weight is 284 g/mol. The third kappa shape index (κ3) is 4.43. The number of benzene rings is 1. The summed E-state index contributed by atoms with van der Waals surface area (Å²) in [7, 11) is 0. The largest absolute Gasteiger partial charge is 0.386 e. The molecule has 0 radical (unpaired) electrons. The van der Waals surface area contributed by atoms with Crippen molar-refractivity contribution in [3.05, 3.63) is 35.1 Å². The Morgan fingerprint density at radius 2 is 1.95 bits per heavy atom. The monoisotopic (exact) mass is 284 g/mol. The summed E-state index contributed by atoms with van der Waals surface area (Å²) in [6, 6.07) is 3.54. The predicted molar refractivity (Wildman–Crippen MR) is 57.9 cm³/mol. The van der Waals surface area contributed by atoms with E-state index in [0.717, 1.165) is 12.1 Å². The van der Waals surface area contributed by atoms with Gasteiger partial charge in [0.1, 0.15) is 18.5 Å². The Bertz CT molecular complexity index is 423. The van der Waals surface area contributed by atoms with Gasteiger partial charge in [0, 0.05) is 0 Å². The van der Waals surface area contributed by atoms with Gasteiger partial charge in [-0.05, 0) is 30.2 Å². The Morgan fingerprint density at radius 1 is 1.32 bits per heavy atom. The first-order valence-corrected chi connectivity index (χ1v) is 5.42. The molecule has 0 aromatic heterocycles. The molecule has 0 saturated carbocycles. The molecule has 0 spiro atoms. The van der Waals surface area contributed by atoms with E-state index in [1.54, 1.807) is 0 Å². The second kappa shape index (κ2) is 6.29. The molecule has 0 heterocycles. The van der Waals surface area contributed by atoms with E-state index in [9.17, 15) is 27.1 Å². The minimum absolute atomic E-state index is 0.293. The van der Waals surface area contributed by atoms with Crippen LogP contribution in [0.4, 0.5) is 22.0 Å². The van der Waals surface area contributed by atoms with Crippen molar-refractivity contribution in [2.45, 2.75) is 25.4 Å². The van der Waals surface area contributed by atoms with Crippen molar-refractivity contribution < 1.29 is 31.8 Å². The molecule has 0 bridgehead atoms. The highest BCUT2D eigenvalue weighted by Gasteiger charge is 2.41. The third-order valence-corrected chi connectivity index (χ3v) is 2.48. The number of hydrogen-bond donors (Lipinski definition) is 1. The summed E-state index contributed by atoms with van der Waals surface area (Å²) in [5, 5.41) is 9.65. The first kappa shape index (κ1) is 15.8. The minimum Gasteiger partial charge on any atom is -0.386 e. The molecule has 0 fully saturated rings. The fourth-order valence-corrected chi connectivity index (χ4v) is 1.47. The normalized spacial score (nSPS) is 13.9. The van der Waals surface area contributed by atoms with Crippen LogP contribution >= 0.6 is 0 Å². The van der Waals surface area contributed by atoms with Crippen LogP contribution in [0.25, 0.3) is 0 Å². The molecule has 0 aliphatic rings. The number of aliphatic hydroxyl groups excluding tert-OH is 1. The van der Waals surface area contributed by atoms with Gasteiger partial charge in [0.25, 0.3) is 0 Å². The van der Waals surface area contributed by atoms with Gasteiger partial charge in [-0.15, -0.1) is 0 Å². The molecule has 1 rings (SSSR count). The second-order valence-corrected chi connectivity index (χ2v) is 4.09. The summed E-state index contributed by atoms with van der Waals surface area (Å²) in [5.41, 5.74) is 0.707. The summed E-state index contributed by atoms with van der Waals surface area (Å²) < 4.78 is 65.9. The van der Waals surface area contributed by atoms with Crippen LogP contribution in [0.2, 0.25) is 0 Å². The lowest BCUT2D eigenvalue weighted by Gasteiger charge is -2.18. The predicted octanol–water partition coefficient (Wildman–Crippen LogP) is 3.08. The van der Waals surface area contributed by atoms with E-state index < -0.39 is 37.5 Å². The maximum atomic E-state index is 12.8. The zero-order valence-corrected chi connectivity index (χ0v) is 10.0. The summed E-state index contributed by atoms with van der Waals surface area (Å²) in [4.78, 5) is 0. The molecule has 1 aromatic rings. The molecule has 0 aliphatic carbocycles. The van der Waals surface area contributed by atoms with Crippen LogP contribution in [0.3, 0.4) is 0 Å². The van der Waals surface area contributed by atoms with Crippen LogP contribution < -0.4 is 0 Å². The first-order chi connectivity index (χ1) is 8.74. The second-order valence-electron chi connectivity index (χ2n) is 4.09. The highest BCUT2D eigenvalue weighted by atomic mass is 19.3. The quantitative estimate of drug-likeness (QED) is 0.813. The Morgan fingerprint density at radius 3 is 2.47 bits per heavy atom. The maximum Gasteiger partial charge on any atom is 0.330 e. The van der Waals surface area contributed by atoms with Gasteiger partial charge in [-0.1, -0.05) is 6.07 Å². The molecular weight excluding hydrogens is 271 g/mol. The van der Waals surface area contributed by atoms with Gasteiger partial charge in [-0.3, -0.25) is 0 Å². The molecular formula is C12H13F5O2. The van der Waals surface area contributed by atoms with Gasteiger partial charge >= 0.3 is 12.3 Å². The lowest BCUT2D eigenvalue weighted by molar-refractivity contribution is -0.170. The van der Waals surface area contributed by atoms with E-state index in [0.29, 0.717) is 11.1 Å². The van der Waals surface area contributed by atoms with Crippen molar-refractivity contribution >= 4 is 0 Å². The maximum absolute atomic E-state index is 12.8. The van der Waals surface area contributed by atoms with E-state index in [1.165, 1.54) is 13.0 Å². The van der Waals surface area contributed by atoms with Gasteiger partial charge in [0.05, 0.1) is 6.61 Å². The molecule has 108 valence electrons. The van der Waals surface area contributed by atoms with E-state index in [4.69, 9.17) is 0 Å². The van der Waals surface area contributed by atoms with Gasteiger partial charge in [0.2, 0.25) is 0 Å². The smallest absolute Gasteiger partial charge is 0.330 e. The lowest BCUT2D eigenvalue weighted by Crippen LogP contribution is -2.33. The topological polar surface area (TPSA) is 29.5 Å². The number of aliphatic hydroxyl groups is 1. The molecule has 1 unspecified atom stereocenters. The molecule has 0 saturated heterocycles. The van der Waals surface area contributed by atoms with Crippen LogP contribution in [0.15, 0.2) is 18.2 Å². The SMILES string of the molecule is Cc1cc(F)ccc1C(O)COCC(F)(F)C(F)F. The highest BCUT2D eigenvalue weighted by molar-refractivity contribution is 5.28. The molecule has 0 amide bonds. The molecule has 1 atom stereocenters. The Hall–Kier alpha value is -1.21. The van der Waals surface area contributed by atoms with E-state index >= 15 is 0 Å². The van der Waals surface area contributed by atoms with Gasteiger partial charge in [-0.2, -0.15) is 8.78 Å². The fraction of sp³-hybridized carbons (Fsp3) is 0.500. The summed E-state index contributed by atoms with van der Waals surface area (Å²) in [5.74, 6) is -4.75. The average Bonchev–Trinajstić information content (AvgIpc) is 2.28. The van der Waals surface area contributed by atoms with E-state index in [2.05, 4.69) is 4.74 Å². The Kier molecular flexibility index (Phi) is 5.25. The Labute approximate surface area is 106 Å². The first-order valence-electron chi connectivity index (χ1n) is 5.42. The number of alkyl halides is 4. The Balaban J connectivity index is 2.54. The highest BCUT2D eigenvalue weighted by Crippen LogP contribution is 2.24. The van der Waals surface area contributed by atoms with Crippen LogP contribution in [0.1, 0.15) is 17.2 Å². The van der Waals surface area contributed by atoms with Crippen molar-refractivity contribution in [2.75, 3.05) is 13.2 Å². The number of rotatable bonds is 6. The van der Waals surface area contributed by atoms with Crippen LogP contribution in [-0.4, -0.2) is 30.7 Å². The molecule has 1 N–H and O–H groups in total. The van der Waals surface area contributed by atoms with Crippen molar-refractivity contribution in [1.82, 2.24) is 0 Å². The van der Waals surface area contributed by atoms with Crippen LogP contribution in [0.5, 0.6) is 0 Å². The number of hydrogen-bond acceptors (Lipinski definition) is 2. The van der Waals surface area contributed by atoms with Gasteiger partial charge < -0.3 is 9.84 Å². The molecule has 2 nitrogen and oxygen atoms in total.